The predicted molar refractivity (Wildman–Crippen MR) is 81.5 cm³/mol. The molecule has 0 radical (unpaired) electrons. The number of carbonyl (C=O) groups is 2. The molecular weight excluding hydrogens is 285 g/mol. The summed E-state index contributed by atoms with van der Waals surface area (Å²) in [4.78, 5) is 27.7. The second kappa shape index (κ2) is 7.35. The van der Waals surface area contributed by atoms with Crippen molar-refractivity contribution in [3.05, 3.63) is 35.6 Å². The summed E-state index contributed by atoms with van der Waals surface area (Å²) < 4.78 is 13.2. The van der Waals surface area contributed by atoms with Gasteiger partial charge < -0.3 is 15.5 Å². The Balaban J connectivity index is 1.93. The molecule has 2 N–H and O–H groups in total. The molecule has 1 heterocycles. The zero-order valence-corrected chi connectivity index (χ0v) is 12.8. The molecular formula is C16H22FN3O2. The molecule has 2 rings (SSSR count). The van der Waals surface area contributed by atoms with E-state index >= 15 is 0 Å². The maximum atomic E-state index is 13.2. The highest BCUT2D eigenvalue weighted by Crippen LogP contribution is 2.09. The molecule has 0 aromatic heterocycles. The number of benzene rings is 1. The molecule has 22 heavy (non-hydrogen) atoms. The molecule has 0 saturated carbocycles. The van der Waals surface area contributed by atoms with E-state index in [1.807, 2.05) is 0 Å². The van der Waals surface area contributed by atoms with Gasteiger partial charge in [0, 0.05) is 26.2 Å². The summed E-state index contributed by atoms with van der Waals surface area (Å²) in [7, 11) is 0. The number of carbonyl (C=O) groups excluding carboxylic acids is 2. The van der Waals surface area contributed by atoms with Gasteiger partial charge in [0.25, 0.3) is 0 Å². The Morgan fingerprint density at radius 3 is 2.59 bits per heavy atom. The second-order valence-corrected chi connectivity index (χ2v) is 5.65. The van der Waals surface area contributed by atoms with E-state index in [4.69, 9.17) is 5.73 Å². The molecule has 1 fully saturated rings. The lowest BCUT2D eigenvalue weighted by Gasteiger charge is -2.23. The molecule has 1 aliphatic heterocycles. The van der Waals surface area contributed by atoms with E-state index in [-0.39, 0.29) is 24.1 Å². The van der Waals surface area contributed by atoms with Gasteiger partial charge >= 0.3 is 0 Å². The van der Waals surface area contributed by atoms with Crippen LogP contribution >= 0.6 is 0 Å². The highest BCUT2D eigenvalue weighted by atomic mass is 19.1. The third-order valence-corrected chi connectivity index (χ3v) is 3.79. The minimum absolute atomic E-state index is 0.0410. The maximum Gasteiger partial charge on any atom is 0.239 e. The maximum absolute atomic E-state index is 13.2. The van der Waals surface area contributed by atoms with Crippen molar-refractivity contribution in [1.29, 1.82) is 0 Å². The average Bonchev–Trinajstić information content (AvgIpc) is 2.72. The van der Waals surface area contributed by atoms with Crippen molar-refractivity contribution >= 4 is 11.8 Å². The van der Waals surface area contributed by atoms with Gasteiger partial charge in [0.15, 0.2) is 0 Å². The Kier molecular flexibility index (Phi) is 5.49. The van der Waals surface area contributed by atoms with Crippen molar-refractivity contribution in [3.8, 4) is 0 Å². The molecule has 1 aromatic rings. The van der Waals surface area contributed by atoms with Crippen LogP contribution in [0.4, 0.5) is 4.39 Å². The molecule has 6 heteroatoms. The Labute approximate surface area is 129 Å². The van der Waals surface area contributed by atoms with Crippen molar-refractivity contribution in [3.63, 3.8) is 0 Å². The lowest BCUT2D eigenvalue weighted by Crippen LogP contribution is -2.44. The minimum Gasteiger partial charge on any atom is -0.341 e. The SMILES string of the molecule is C[C@@H](N)C(=O)N1CCCN(C(=O)Cc2cccc(F)c2)CC1. The fourth-order valence-electron chi connectivity index (χ4n) is 2.61. The van der Waals surface area contributed by atoms with E-state index < -0.39 is 6.04 Å². The number of nitrogens with two attached hydrogens (primary N) is 1. The van der Waals surface area contributed by atoms with E-state index in [0.717, 1.165) is 6.42 Å². The molecule has 5 nitrogen and oxygen atoms in total. The Hall–Kier alpha value is -1.95. The van der Waals surface area contributed by atoms with Crippen LogP contribution in [0.2, 0.25) is 0 Å². The number of hydrogen-bond acceptors (Lipinski definition) is 3. The Morgan fingerprint density at radius 2 is 1.91 bits per heavy atom. The van der Waals surface area contributed by atoms with E-state index in [2.05, 4.69) is 0 Å². The van der Waals surface area contributed by atoms with Crippen LogP contribution in [0.5, 0.6) is 0 Å². The van der Waals surface area contributed by atoms with E-state index in [1.54, 1.807) is 28.9 Å². The van der Waals surface area contributed by atoms with Crippen LogP contribution in [0, 0.1) is 5.82 Å². The van der Waals surface area contributed by atoms with Crippen LogP contribution in [0.15, 0.2) is 24.3 Å². The summed E-state index contributed by atoms with van der Waals surface area (Å²) in [6.45, 7) is 3.88. The van der Waals surface area contributed by atoms with Crippen LogP contribution in [-0.2, 0) is 16.0 Å². The largest absolute Gasteiger partial charge is 0.341 e. The molecule has 1 aromatic carbocycles. The summed E-state index contributed by atoms with van der Waals surface area (Å²) in [6, 6.07) is 5.56. The van der Waals surface area contributed by atoms with Gasteiger partial charge in [-0.3, -0.25) is 9.59 Å². The smallest absolute Gasteiger partial charge is 0.239 e. The van der Waals surface area contributed by atoms with Crippen LogP contribution in [-0.4, -0.2) is 53.8 Å². The molecule has 1 atom stereocenters. The van der Waals surface area contributed by atoms with Crippen molar-refractivity contribution in [2.45, 2.75) is 25.8 Å². The van der Waals surface area contributed by atoms with Crippen LogP contribution in [0.3, 0.4) is 0 Å². The highest BCUT2D eigenvalue weighted by molar-refractivity contribution is 5.82. The number of nitrogens with zero attached hydrogens (tertiary/aromatic N) is 2. The molecule has 1 aliphatic rings. The summed E-state index contributed by atoms with van der Waals surface area (Å²) in [6.07, 6.45) is 0.909. The third kappa shape index (κ3) is 4.27. The van der Waals surface area contributed by atoms with Gasteiger partial charge in [-0.25, -0.2) is 4.39 Å². The summed E-state index contributed by atoms with van der Waals surface area (Å²) >= 11 is 0. The van der Waals surface area contributed by atoms with Gasteiger partial charge in [-0.1, -0.05) is 12.1 Å². The average molecular weight is 307 g/mol. The third-order valence-electron chi connectivity index (χ3n) is 3.79. The van der Waals surface area contributed by atoms with Gasteiger partial charge in [-0.15, -0.1) is 0 Å². The van der Waals surface area contributed by atoms with Crippen LogP contribution in [0.25, 0.3) is 0 Å². The van der Waals surface area contributed by atoms with Gasteiger partial charge in [0.05, 0.1) is 12.5 Å². The second-order valence-electron chi connectivity index (χ2n) is 5.65. The van der Waals surface area contributed by atoms with E-state index in [9.17, 15) is 14.0 Å². The first-order valence-electron chi connectivity index (χ1n) is 7.54. The van der Waals surface area contributed by atoms with Crippen molar-refractivity contribution in [1.82, 2.24) is 9.80 Å². The molecule has 0 spiro atoms. The summed E-state index contributed by atoms with van der Waals surface area (Å²) in [5.74, 6) is -0.463. The number of halogens is 1. The Bertz CT molecular complexity index is 548. The first-order valence-corrected chi connectivity index (χ1v) is 7.54. The first kappa shape index (κ1) is 16.4. The van der Waals surface area contributed by atoms with Crippen LogP contribution in [0.1, 0.15) is 18.9 Å². The zero-order valence-electron chi connectivity index (χ0n) is 12.8. The summed E-state index contributed by atoms with van der Waals surface area (Å²) in [5, 5.41) is 0. The highest BCUT2D eigenvalue weighted by Gasteiger charge is 2.23. The predicted octanol–water partition coefficient (Wildman–Crippen LogP) is 0.776. The summed E-state index contributed by atoms with van der Waals surface area (Å²) in [5.41, 5.74) is 6.29. The zero-order chi connectivity index (χ0) is 16.1. The molecule has 0 bridgehead atoms. The van der Waals surface area contributed by atoms with Crippen LogP contribution < -0.4 is 5.73 Å². The number of rotatable bonds is 3. The molecule has 120 valence electrons. The monoisotopic (exact) mass is 307 g/mol. The molecule has 1 saturated heterocycles. The number of amides is 2. The molecule has 0 unspecified atom stereocenters. The topological polar surface area (TPSA) is 66.6 Å². The van der Waals surface area contributed by atoms with E-state index in [1.165, 1.54) is 12.1 Å². The van der Waals surface area contributed by atoms with Gasteiger partial charge in [-0.05, 0) is 31.0 Å². The quantitative estimate of drug-likeness (QED) is 0.897. The molecule has 2 amide bonds. The minimum atomic E-state index is -0.519. The van der Waals surface area contributed by atoms with E-state index in [0.29, 0.717) is 31.7 Å². The van der Waals surface area contributed by atoms with Crippen molar-refractivity contribution in [2.24, 2.45) is 5.73 Å². The fourth-order valence-corrected chi connectivity index (χ4v) is 2.61. The fraction of sp³-hybridized carbons (Fsp3) is 0.500. The first-order chi connectivity index (χ1) is 10.5. The normalized spacial score (nSPS) is 17.0. The Morgan fingerprint density at radius 1 is 1.23 bits per heavy atom. The van der Waals surface area contributed by atoms with Gasteiger partial charge in [-0.2, -0.15) is 0 Å². The van der Waals surface area contributed by atoms with Gasteiger partial charge in [0.2, 0.25) is 11.8 Å². The van der Waals surface area contributed by atoms with Gasteiger partial charge in [0.1, 0.15) is 5.82 Å². The molecule has 0 aliphatic carbocycles. The lowest BCUT2D eigenvalue weighted by molar-refractivity contribution is -0.133. The lowest BCUT2D eigenvalue weighted by atomic mass is 10.1. The number of hydrogen-bond donors (Lipinski definition) is 1. The van der Waals surface area contributed by atoms with Crippen molar-refractivity contribution in [2.75, 3.05) is 26.2 Å². The van der Waals surface area contributed by atoms with Crippen molar-refractivity contribution < 1.29 is 14.0 Å². The standard InChI is InChI=1S/C16H22FN3O2/c1-12(18)16(22)20-7-3-6-19(8-9-20)15(21)11-13-4-2-5-14(17)10-13/h2,4-5,10,12H,3,6-9,11,18H2,1H3/t12-/m1/s1.